The van der Waals surface area contributed by atoms with Crippen LogP contribution in [0.5, 0.6) is 11.5 Å². The highest BCUT2D eigenvalue weighted by molar-refractivity contribution is 6.30. The van der Waals surface area contributed by atoms with Crippen molar-refractivity contribution in [3.8, 4) is 11.5 Å². The number of carbonyl (C=O) groups excluding carboxylic acids is 2. The van der Waals surface area contributed by atoms with Crippen molar-refractivity contribution in [3.63, 3.8) is 0 Å². The lowest BCUT2D eigenvalue weighted by Gasteiger charge is -2.33. The first-order valence-corrected chi connectivity index (χ1v) is 13.8. The second-order valence-corrected chi connectivity index (χ2v) is 11.9. The van der Waals surface area contributed by atoms with Crippen LogP contribution < -0.4 is 14.4 Å². The highest BCUT2D eigenvalue weighted by Crippen LogP contribution is 2.45. The molecule has 0 spiro atoms. The van der Waals surface area contributed by atoms with E-state index in [4.69, 9.17) is 25.8 Å². The summed E-state index contributed by atoms with van der Waals surface area (Å²) in [5.41, 5.74) is 1.70. The molecule has 2 aromatic carbocycles. The number of benzene rings is 2. The normalized spacial score (nSPS) is 20.1. The van der Waals surface area contributed by atoms with Crippen molar-refractivity contribution in [2.24, 2.45) is 11.3 Å². The first-order valence-electron chi connectivity index (χ1n) is 13.4. The summed E-state index contributed by atoms with van der Waals surface area (Å²) in [4.78, 5) is 42.3. The largest absolute Gasteiger partial charge is 0.493 e. The van der Waals surface area contributed by atoms with Crippen LogP contribution in [-0.4, -0.2) is 67.7 Å². The van der Waals surface area contributed by atoms with Gasteiger partial charge in [0.15, 0.2) is 11.5 Å². The summed E-state index contributed by atoms with van der Waals surface area (Å²) in [7, 11) is 3.08. The smallest absolute Gasteiger partial charge is 0.306 e. The molecular weight excluding hydrogens is 536 g/mol. The highest BCUT2D eigenvalue weighted by atomic mass is 35.5. The molecule has 10 heteroatoms. The van der Waals surface area contributed by atoms with Gasteiger partial charge in [0.2, 0.25) is 5.91 Å². The zero-order valence-electron chi connectivity index (χ0n) is 23.6. The van der Waals surface area contributed by atoms with Gasteiger partial charge >= 0.3 is 5.97 Å². The summed E-state index contributed by atoms with van der Waals surface area (Å²) in [6.45, 7) is 7.15. The van der Waals surface area contributed by atoms with Crippen molar-refractivity contribution < 1.29 is 33.7 Å². The number of amides is 2. The number of ether oxygens (including phenoxy) is 3. The second-order valence-electron chi connectivity index (χ2n) is 11.5. The van der Waals surface area contributed by atoms with Crippen molar-refractivity contribution in [1.29, 1.82) is 0 Å². The van der Waals surface area contributed by atoms with E-state index >= 15 is 0 Å². The number of carbonyl (C=O) groups is 3. The number of likely N-dealkylation sites (tertiary alicyclic amines) is 1. The van der Waals surface area contributed by atoms with E-state index in [0.717, 1.165) is 0 Å². The van der Waals surface area contributed by atoms with E-state index in [1.165, 1.54) is 7.11 Å². The average Bonchev–Trinajstić information content (AvgIpc) is 3.02. The maximum atomic E-state index is 14.1. The number of halogens is 1. The lowest BCUT2D eigenvalue weighted by molar-refractivity contribution is -0.148. The Balaban J connectivity index is 1.77. The van der Waals surface area contributed by atoms with E-state index in [-0.39, 0.29) is 23.7 Å². The fourth-order valence-electron chi connectivity index (χ4n) is 5.37. The van der Waals surface area contributed by atoms with E-state index in [2.05, 4.69) is 0 Å². The van der Waals surface area contributed by atoms with Crippen LogP contribution in [0.25, 0.3) is 0 Å². The maximum absolute atomic E-state index is 14.1. The Morgan fingerprint density at radius 2 is 1.77 bits per heavy atom. The number of anilines is 1. The van der Waals surface area contributed by atoms with Crippen LogP contribution in [-0.2, 0) is 19.1 Å². The van der Waals surface area contributed by atoms with Crippen molar-refractivity contribution in [2.75, 3.05) is 38.8 Å². The Bertz CT molecular complexity index is 1270. The van der Waals surface area contributed by atoms with Crippen molar-refractivity contribution in [3.05, 3.63) is 52.5 Å². The number of rotatable bonds is 7. The molecule has 2 heterocycles. The third-order valence-corrected chi connectivity index (χ3v) is 7.55. The molecule has 9 nitrogen and oxygen atoms in total. The van der Waals surface area contributed by atoms with E-state index in [9.17, 15) is 19.5 Å². The number of para-hydroxylation sites is 1. The Labute approximate surface area is 239 Å². The summed E-state index contributed by atoms with van der Waals surface area (Å²) in [5, 5.41) is 9.81. The fourth-order valence-corrected chi connectivity index (χ4v) is 5.55. The van der Waals surface area contributed by atoms with Crippen LogP contribution in [0.4, 0.5) is 5.69 Å². The van der Waals surface area contributed by atoms with E-state index < -0.39 is 24.1 Å². The van der Waals surface area contributed by atoms with Crippen LogP contribution in [0.2, 0.25) is 5.02 Å². The number of hydrogen-bond acceptors (Lipinski definition) is 6. The molecule has 0 aromatic heterocycles. The molecule has 2 aliphatic heterocycles. The Kier molecular flexibility index (Phi) is 8.95. The van der Waals surface area contributed by atoms with Crippen LogP contribution in [0, 0.1) is 11.3 Å². The number of carboxylic acids is 1. The molecule has 0 bridgehead atoms. The first-order chi connectivity index (χ1) is 18.9. The van der Waals surface area contributed by atoms with Gasteiger partial charge in [-0.3, -0.25) is 14.4 Å². The molecule has 2 atom stereocenters. The number of methoxy groups -OCH3 is 2. The summed E-state index contributed by atoms with van der Waals surface area (Å²) in [6.07, 6.45) is -1.31. The van der Waals surface area contributed by atoms with Gasteiger partial charge in [0, 0.05) is 41.5 Å². The van der Waals surface area contributed by atoms with Gasteiger partial charge in [-0.25, -0.2) is 0 Å². The molecule has 2 aromatic rings. The lowest BCUT2D eigenvalue weighted by Crippen LogP contribution is -2.47. The van der Waals surface area contributed by atoms with Crippen molar-refractivity contribution >= 4 is 35.1 Å². The lowest BCUT2D eigenvalue weighted by atomic mass is 9.94. The van der Waals surface area contributed by atoms with E-state index in [1.807, 2.05) is 39.0 Å². The van der Waals surface area contributed by atoms with Gasteiger partial charge in [0.25, 0.3) is 5.91 Å². The molecule has 2 aliphatic rings. The SMILES string of the molecule is COc1cccc([C@H]2O[C@H](CC(=O)N3CCC(C(=O)O)CC3)C(=O)N(CC(C)(C)C)c3ccc(Cl)cc32)c1OC. The van der Waals surface area contributed by atoms with Gasteiger partial charge in [-0.1, -0.05) is 44.5 Å². The number of nitrogens with zero attached hydrogens (tertiary/aromatic N) is 2. The van der Waals surface area contributed by atoms with Gasteiger partial charge in [0.05, 0.1) is 26.6 Å². The first kappa shape index (κ1) is 29.7. The number of carboxylic acid groups (broad SMARTS) is 1. The Morgan fingerprint density at radius 3 is 2.38 bits per heavy atom. The predicted molar refractivity (Wildman–Crippen MR) is 151 cm³/mol. The summed E-state index contributed by atoms with van der Waals surface area (Å²) >= 11 is 6.47. The average molecular weight is 573 g/mol. The summed E-state index contributed by atoms with van der Waals surface area (Å²) < 4.78 is 17.8. The Hall–Kier alpha value is -3.30. The van der Waals surface area contributed by atoms with Gasteiger partial charge in [-0.2, -0.15) is 0 Å². The van der Waals surface area contributed by atoms with Gasteiger partial charge in [0.1, 0.15) is 12.2 Å². The topological polar surface area (TPSA) is 106 Å². The second kappa shape index (κ2) is 12.1. The minimum absolute atomic E-state index is 0.179. The molecule has 1 fully saturated rings. The van der Waals surface area contributed by atoms with Gasteiger partial charge < -0.3 is 29.1 Å². The summed E-state index contributed by atoms with van der Waals surface area (Å²) in [6, 6.07) is 10.8. The number of hydrogen-bond donors (Lipinski definition) is 1. The molecule has 1 saturated heterocycles. The van der Waals surface area contributed by atoms with Crippen LogP contribution >= 0.6 is 11.6 Å². The minimum atomic E-state index is -1.10. The van der Waals surface area contributed by atoms with Crippen molar-refractivity contribution in [2.45, 2.75) is 52.2 Å². The molecule has 2 amide bonds. The van der Waals surface area contributed by atoms with Crippen LogP contribution in [0.3, 0.4) is 0 Å². The fraction of sp³-hybridized carbons (Fsp3) is 0.500. The molecule has 0 aliphatic carbocycles. The third-order valence-electron chi connectivity index (χ3n) is 7.31. The number of fused-ring (bicyclic) bond motifs is 1. The van der Waals surface area contributed by atoms with Crippen molar-refractivity contribution in [1.82, 2.24) is 4.90 Å². The van der Waals surface area contributed by atoms with Gasteiger partial charge in [-0.15, -0.1) is 0 Å². The standard InChI is InChI=1S/C30H37ClN2O7/c1-30(2,3)17-33-22-10-9-19(31)15-21(22)26(20-7-6-8-23(38-4)27(20)39-5)40-24(28(33)35)16-25(34)32-13-11-18(12-14-32)29(36)37/h6-10,15,18,24,26H,11-14,16-17H2,1-5H3,(H,36,37)/t24-,26-/m1/s1. The monoisotopic (exact) mass is 572 g/mol. The molecular formula is C30H37ClN2O7. The molecule has 40 heavy (non-hydrogen) atoms. The Morgan fingerprint density at radius 1 is 1.07 bits per heavy atom. The quantitative estimate of drug-likeness (QED) is 0.501. The molecule has 216 valence electrons. The molecule has 4 rings (SSSR count). The van der Waals surface area contributed by atoms with E-state index in [1.54, 1.807) is 35.1 Å². The zero-order chi connectivity index (χ0) is 29.2. The highest BCUT2D eigenvalue weighted by Gasteiger charge is 2.41. The minimum Gasteiger partial charge on any atom is -0.493 e. The molecule has 0 radical (unpaired) electrons. The zero-order valence-corrected chi connectivity index (χ0v) is 24.4. The molecule has 1 N–H and O–H groups in total. The summed E-state index contributed by atoms with van der Waals surface area (Å²) in [5.74, 6) is -0.929. The third kappa shape index (κ3) is 6.36. The van der Waals surface area contributed by atoms with Crippen LogP contribution in [0.15, 0.2) is 36.4 Å². The molecule has 0 saturated carbocycles. The van der Waals surface area contributed by atoms with Gasteiger partial charge in [-0.05, 0) is 42.5 Å². The number of piperidine rings is 1. The maximum Gasteiger partial charge on any atom is 0.306 e. The number of aliphatic carboxylic acids is 1. The van der Waals surface area contributed by atoms with E-state index in [0.29, 0.717) is 65.8 Å². The predicted octanol–water partition coefficient (Wildman–Crippen LogP) is 4.94. The van der Waals surface area contributed by atoms with Crippen LogP contribution in [0.1, 0.15) is 57.3 Å². The molecule has 0 unspecified atom stereocenters.